The molecule has 1 aliphatic rings. The van der Waals surface area contributed by atoms with Gasteiger partial charge in [0.25, 0.3) is 5.56 Å². The molecule has 0 radical (unpaired) electrons. The van der Waals surface area contributed by atoms with E-state index in [-0.39, 0.29) is 23.9 Å². The van der Waals surface area contributed by atoms with Gasteiger partial charge in [0.15, 0.2) is 0 Å². The van der Waals surface area contributed by atoms with Gasteiger partial charge in [-0.1, -0.05) is 77.8 Å². The van der Waals surface area contributed by atoms with Crippen molar-refractivity contribution in [2.75, 3.05) is 19.6 Å². The van der Waals surface area contributed by atoms with Gasteiger partial charge in [0.05, 0.1) is 15.6 Å². The van der Waals surface area contributed by atoms with Gasteiger partial charge in [0.1, 0.15) is 0 Å². The van der Waals surface area contributed by atoms with Crippen molar-refractivity contribution in [3.63, 3.8) is 0 Å². The summed E-state index contributed by atoms with van der Waals surface area (Å²) in [7, 11) is 1.84. The van der Waals surface area contributed by atoms with Crippen molar-refractivity contribution < 1.29 is 5.11 Å². The van der Waals surface area contributed by atoms with Crippen LogP contribution in [0.3, 0.4) is 0 Å². The summed E-state index contributed by atoms with van der Waals surface area (Å²) in [6.45, 7) is 2.48. The molecule has 7 heteroatoms. The van der Waals surface area contributed by atoms with Gasteiger partial charge in [0, 0.05) is 37.1 Å². The van der Waals surface area contributed by atoms with Gasteiger partial charge in [-0.15, -0.1) is 12.4 Å². The lowest BCUT2D eigenvalue weighted by Crippen LogP contribution is -2.43. The Hall–Kier alpha value is -2.34. The Morgan fingerprint density at radius 2 is 1.59 bits per heavy atom. The van der Waals surface area contributed by atoms with E-state index >= 15 is 0 Å². The van der Waals surface area contributed by atoms with E-state index < -0.39 is 5.60 Å². The number of piperidine rings is 1. The number of hydrogen-bond donors (Lipinski definition) is 1. The number of nitrogens with zero attached hydrogens (tertiary/aromatic N) is 2. The van der Waals surface area contributed by atoms with Crippen LogP contribution in [0.25, 0.3) is 10.8 Å². The molecule has 2 heterocycles. The minimum absolute atomic E-state index is 0. The Morgan fingerprint density at radius 3 is 2.30 bits per heavy atom. The first-order valence-electron chi connectivity index (χ1n) is 12.4. The maximum Gasteiger partial charge on any atom is 0.258 e. The van der Waals surface area contributed by atoms with Gasteiger partial charge in [-0.2, -0.15) is 0 Å². The van der Waals surface area contributed by atoms with Gasteiger partial charge in [-0.25, -0.2) is 0 Å². The van der Waals surface area contributed by atoms with Crippen LogP contribution in [0.2, 0.25) is 10.0 Å². The van der Waals surface area contributed by atoms with Crippen LogP contribution in [0, 0.1) is 0 Å². The molecule has 0 spiro atoms. The van der Waals surface area contributed by atoms with Crippen LogP contribution < -0.4 is 5.56 Å². The molecule has 1 aromatic heterocycles. The first kappa shape index (κ1) is 27.7. The molecule has 1 atom stereocenters. The zero-order valence-corrected chi connectivity index (χ0v) is 23.1. The fourth-order valence-corrected chi connectivity index (χ4v) is 5.72. The summed E-state index contributed by atoms with van der Waals surface area (Å²) < 4.78 is 1.76. The first-order valence-corrected chi connectivity index (χ1v) is 13.2. The number of benzene rings is 3. The SMILES string of the molecule is Cl.Cn1c([C@@H](CCN2CCC(O)(c3ccccc3)CC2)c2ccc(Cl)c(Cl)c2)cc2ccccc2c1=O. The first-order chi connectivity index (χ1) is 17.4. The molecule has 0 saturated carbocycles. The number of likely N-dealkylation sites (tertiary alicyclic amines) is 1. The fourth-order valence-electron chi connectivity index (χ4n) is 5.42. The summed E-state index contributed by atoms with van der Waals surface area (Å²) in [5.74, 6) is -0.0305. The molecule has 37 heavy (non-hydrogen) atoms. The lowest BCUT2D eigenvalue weighted by atomic mass is 9.84. The third-order valence-corrected chi connectivity index (χ3v) is 8.36. The lowest BCUT2D eigenvalue weighted by molar-refractivity contribution is -0.0262. The molecule has 1 N–H and O–H groups in total. The largest absolute Gasteiger partial charge is 0.385 e. The van der Waals surface area contributed by atoms with Gasteiger partial charge < -0.3 is 14.6 Å². The predicted octanol–water partition coefficient (Wildman–Crippen LogP) is 6.77. The zero-order chi connectivity index (χ0) is 25.3. The third-order valence-electron chi connectivity index (χ3n) is 7.62. The second-order valence-electron chi connectivity index (χ2n) is 9.77. The summed E-state index contributed by atoms with van der Waals surface area (Å²) in [4.78, 5) is 15.6. The van der Waals surface area contributed by atoms with E-state index in [4.69, 9.17) is 23.2 Å². The average Bonchev–Trinajstić information content (AvgIpc) is 2.90. The molecule has 4 aromatic rings. The Kier molecular flexibility index (Phi) is 8.67. The molecule has 4 nitrogen and oxygen atoms in total. The Balaban J connectivity index is 0.00000320. The molecule has 0 amide bonds. The number of aromatic nitrogens is 1. The van der Waals surface area contributed by atoms with Crippen molar-refractivity contribution in [3.05, 3.63) is 116 Å². The summed E-state index contributed by atoms with van der Waals surface area (Å²) in [5, 5.41) is 13.9. The maximum atomic E-state index is 13.2. The predicted molar refractivity (Wildman–Crippen MR) is 155 cm³/mol. The molecule has 0 aliphatic carbocycles. The van der Waals surface area contributed by atoms with Crippen LogP contribution in [-0.4, -0.2) is 34.2 Å². The molecular weight excluding hydrogens is 527 g/mol. The smallest absolute Gasteiger partial charge is 0.258 e. The Morgan fingerprint density at radius 1 is 0.919 bits per heavy atom. The van der Waals surface area contributed by atoms with E-state index in [1.165, 1.54) is 0 Å². The molecule has 1 aliphatic heterocycles. The van der Waals surface area contributed by atoms with E-state index in [0.29, 0.717) is 28.3 Å². The van der Waals surface area contributed by atoms with Crippen LogP contribution in [0.5, 0.6) is 0 Å². The van der Waals surface area contributed by atoms with E-state index in [9.17, 15) is 9.90 Å². The number of aliphatic hydroxyl groups is 1. The van der Waals surface area contributed by atoms with Crippen molar-refractivity contribution in [3.8, 4) is 0 Å². The number of pyridine rings is 1. The summed E-state index contributed by atoms with van der Waals surface area (Å²) in [6, 6.07) is 25.5. The van der Waals surface area contributed by atoms with Crippen molar-refractivity contribution in [2.45, 2.75) is 30.8 Å². The molecule has 3 aromatic carbocycles. The summed E-state index contributed by atoms with van der Waals surface area (Å²) in [6.07, 6.45) is 2.21. The Labute approximate surface area is 233 Å². The standard InChI is InChI=1S/C30H30Cl2N2O2.ClH/c1-33-28(20-21-7-5-6-10-25(21)29(33)35)24(22-11-12-26(31)27(32)19-22)13-16-34-17-14-30(36,15-18-34)23-8-3-2-4-9-23;/h2-12,19-20,24,36H,13-18H2,1H3;1H/t24-;/m0./s1. The molecule has 5 rings (SSSR count). The van der Waals surface area contributed by atoms with Crippen molar-refractivity contribution >= 4 is 46.4 Å². The molecular formula is C30H31Cl3N2O2. The van der Waals surface area contributed by atoms with Crippen LogP contribution in [0.4, 0.5) is 0 Å². The average molecular weight is 558 g/mol. The second-order valence-corrected chi connectivity index (χ2v) is 10.6. The van der Waals surface area contributed by atoms with Crippen LogP contribution in [0.1, 0.15) is 42.0 Å². The van der Waals surface area contributed by atoms with E-state index in [0.717, 1.165) is 48.3 Å². The highest BCUT2D eigenvalue weighted by molar-refractivity contribution is 6.42. The van der Waals surface area contributed by atoms with Crippen molar-refractivity contribution in [1.82, 2.24) is 9.47 Å². The monoisotopic (exact) mass is 556 g/mol. The number of fused-ring (bicyclic) bond motifs is 1. The summed E-state index contributed by atoms with van der Waals surface area (Å²) >= 11 is 12.6. The Bertz CT molecular complexity index is 1430. The molecule has 1 saturated heterocycles. The minimum Gasteiger partial charge on any atom is -0.385 e. The highest BCUT2D eigenvalue weighted by Gasteiger charge is 2.34. The fraction of sp³-hybridized carbons (Fsp3) is 0.300. The summed E-state index contributed by atoms with van der Waals surface area (Å²) in [5.41, 5.74) is 2.20. The molecule has 1 fully saturated rings. The minimum atomic E-state index is -0.775. The molecule has 0 bridgehead atoms. The third kappa shape index (κ3) is 5.74. The lowest BCUT2D eigenvalue weighted by Gasteiger charge is -2.39. The van der Waals surface area contributed by atoms with Crippen LogP contribution >= 0.6 is 35.6 Å². The van der Waals surface area contributed by atoms with E-state index in [2.05, 4.69) is 11.0 Å². The number of halogens is 3. The van der Waals surface area contributed by atoms with Crippen LogP contribution in [0.15, 0.2) is 83.7 Å². The quantitative estimate of drug-likeness (QED) is 0.284. The van der Waals surface area contributed by atoms with Gasteiger partial charge in [0.2, 0.25) is 0 Å². The number of hydrogen-bond acceptors (Lipinski definition) is 3. The van der Waals surface area contributed by atoms with E-state index in [1.54, 1.807) is 4.57 Å². The normalized spacial score (nSPS) is 16.3. The topological polar surface area (TPSA) is 45.5 Å². The highest BCUT2D eigenvalue weighted by Crippen LogP contribution is 2.35. The van der Waals surface area contributed by atoms with Gasteiger partial charge >= 0.3 is 0 Å². The van der Waals surface area contributed by atoms with E-state index in [1.807, 2.05) is 79.8 Å². The van der Waals surface area contributed by atoms with Gasteiger partial charge in [-0.05, 0) is 66.6 Å². The van der Waals surface area contributed by atoms with Crippen molar-refractivity contribution in [2.24, 2.45) is 7.05 Å². The maximum absolute atomic E-state index is 13.2. The number of rotatable bonds is 6. The molecule has 0 unspecified atom stereocenters. The highest BCUT2D eigenvalue weighted by atomic mass is 35.5. The van der Waals surface area contributed by atoms with Crippen molar-refractivity contribution in [1.29, 1.82) is 0 Å². The molecule has 194 valence electrons. The zero-order valence-electron chi connectivity index (χ0n) is 20.7. The van der Waals surface area contributed by atoms with Gasteiger partial charge in [-0.3, -0.25) is 4.79 Å². The van der Waals surface area contributed by atoms with Crippen LogP contribution in [-0.2, 0) is 12.6 Å². The second kappa shape index (κ2) is 11.6.